The Morgan fingerprint density at radius 2 is 1.08 bits per heavy atom. The van der Waals surface area contributed by atoms with Gasteiger partial charge in [-0.1, -0.05) is 79.8 Å². The molecular formula is C33H46N2O4. The number of esters is 1. The summed E-state index contributed by atoms with van der Waals surface area (Å²) in [5, 5.41) is 0. The van der Waals surface area contributed by atoms with Crippen LogP contribution in [0.4, 0.5) is 0 Å². The summed E-state index contributed by atoms with van der Waals surface area (Å²) in [5.74, 6) is 0.106. The van der Waals surface area contributed by atoms with Gasteiger partial charge in [-0.15, -0.1) is 0 Å². The minimum atomic E-state index is -0.536. The molecule has 2 heterocycles. The lowest BCUT2D eigenvalue weighted by Gasteiger charge is -2.21. The molecule has 0 spiro atoms. The monoisotopic (exact) mass is 534 g/mol. The fourth-order valence-electron chi connectivity index (χ4n) is 4.69. The van der Waals surface area contributed by atoms with Crippen molar-refractivity contribution in [3.8, 4) is 0 Å². The number of carbonyl (C=O) groups is 3. The molecule has 0 radical (unpaired) electrons. The number of methoxy groups -OCH3 is 1. The summed E-state index contributed by atoms with van der Waals surface area (Å²) >= 11 is 0. The van der Waals surface area contributed by atoms with E-state index in [1.807, 2.05) is 4.90 Å². The fraction of sp³-hybridized carbons (Fsp3) is 0.485. The molecule has 0 saturated carbocycles. The Bertz CT molecular complexity index is 956. The lowest BCUT2D eigenvalue weighted by Crippen LogP contribution is -2.35. The molecular weight excluding hydrogens is 488 g/mol. The summed E-state index contributed by atoms with van der Waals surface area (Å²) in [4.78, 5) is 39.7. The normalized spacial score (nSPS) is 19.9. The predicted molar refractivity (Wildman–Crippen MR) is 159 cm³/mol. The van der Waals surface area contributed by atoms with Crippen LogP contribution in [0.15, 0.2) is 85.1 Å². The SMILES string of the molecule is CCC=CCC=CCC=CCC=CCC=CCC=CCCC(=O)N1CC2CN(C(=O)C=CC(=O)OC)CC2C1. The Labute approximate surface area is 235 Å². The maximum absolute atomic E-state index is 12.6. The van der Waals surface area contributed by atoms with Crippen LogP contribution in [0.25, 0.3) is 0 Å². The van der Waals surface area contributed by atoms with E-state index < -0.39 is 5.97 Å². The number of nitrogens with zero attached hydrogens (tertiary/aromatic N) is 2. The van der Waals surface area contributed by atoms with E-state index in [-0.39, 0.29) is 11.8 Å². The Morgan fingerprint density at radius 1 is 0.641 bits per heavy atom. The Morgan fingerprint density at radius 3 is 1.54 bits per heavy atom. The third kappa shape index (κ3) is 13.3. The van der Waals surface area contributed by atoms with Crippen molar-refractivity contribution in [3.63, 3.8) is 0 Å². The molecule has 39 heavy (non-hydrogen) atoms. The largest absolute Gasteiger partial charge is 0.466 e. The van der Waals surface area contributed by atoms with Crippen LogP contribution in [0.2, 0.25) is 0 Å². The van der Waals surface area contributed by atoms with Gasteiger partial charge in [-0.3, -0.25) is 9.59 Å². The maximum Gasteiger partial charge on any atom is 0.330 e. The second kappa shape index (κ2) is 19.6. The Kier molecular flexibility index (Phi) is 16.0. The van der Waals surface area contributed by atoms with Gasteiger partial charge in [-0.05, 0) is 44.9 Å². The van der Waals surface area contributed by atoms with Gasteiger partial charge in [-0.2, -0.15) is 0 Å². The summed E-state index contributed by atoms with van der Waals surface area (Å²) < 4.78 is 4.52. The highest BCUT2D eigenvalue weighted by Crippen LogP contribution is 2.31. The molecule has 2 aliphatic heterocycles. The number of likely N-dealkylation sites (tertiary alicyclic amines) is 2. The summed E-state index contributed by atoms with van der Waals surface area (Å²) in [6.07, 6.45) is 35.7. The van der Waals surface area contributed by atoms with E-state index in [2.05, 4.69) is 84.6 Å². The van der Waals surface area contributed by atoms with Crippen LogP contribution in [-0.2, 0) is 19.1 Å². The summed E-state index contributed by atoms with van der Waals surface area (Å²) in [5.41, 5.74) is 0. The van der Waals surface area contributed by atoms with Crippen molar-refractivity contribution >= 4 is 17.8 Å². The number of amides is 2. The Balaban J connectivity index is 1.50. The third-order valence-electron chi connectivity index (χ3n) is 6.84. The molecule has 0 aromatic rings. The first-order valence-electron chi connectivity index (χ1n) is 14.3. The Hall–Kier alpha value is -3.41. The lowest BCUT2D eigenvalue weighted by atomic mass is 10.0. The molecule has 0 aromatic carbocycles. The quantitative estimate of drug-likeness (QED) is 0.136. The van der Waals surface area contributed by atoms with Gasteiger partial charge in [0.05, 0.1) is 7.11 Å². The van der Waals surface area contributed by atoms with Gasteiger partial charge < -0.3 is 14.5 Å². The number of hydrogen-bond donors (Lipinski definition) is 0. The molecule has 0 aromatic heterocycles. The van der Waals surface area contributed by atoms with Crippen LogP contribution < -0.4 is 0 Å². The van der Waals surface area contributed by atoms with Crippen molar-refractivity contribution in [2.75, 3.05) is 33.3 Å². The van der Waals surface area contributed by atoms with Crippen molar-refractivity contribution in [3.05, 3.63) is 85.1 Å². The second-order valence-electron chi connectivity index (χ2n) is 9.87. The number of ether oxygens (including phenoxy) is 1. The van der Waals surface area contributed by atoms with E-state index in [0.717, 1.165) is 51.0 Å². The fourth-order valence-corrected chi connectivity index (χ4v) is 4.69. The molecule has 2 amide bonds. The predicted octanol–water partition coefficient (Wildman–Crippen LogP) is 6.11. The molecule has 212 valence electrons. The van der Waals surface area contributed by atoms with E-state index in [4.69, 9.17) is 0 Å². The third-order valence-corrected chi connectivity index (χ3v) is 6.84. The smallest absolute Gasteiger partial charge is 0.330 e. The standard InChI is InChI=1S/C33H46N2O4/c1-3-4-5-6-7-8-9-10-11-12-13-14-15-16-17-18-19-20-21-22-31(36)34-25-29-27-35(28-30(29)26-34)32(37)23-24-33(38)39-2/h4-5,7-8,10-11,13-14,16-17,19-20,23-24,29-30H,3,6,9,12,15,18,21-22,25-28H2,1-2H3. The van der Waals surface area contributed by atoms with Crippen LogP contribution >= 0.6 is 0 Å². The number of allylic oxidation sites excluding steroid dienone is 12. The van der Waals surface area contributed by atoms with E-state index in [1.54, 1.807) is 4.90 Å². The molecule has 2 aliphatic rings. The van der Waals surface area contributed by atoms with Crippen LogP contribution in [0, 0.1) is 11.8 Å². The maximum atomic E-state index is 12.6. The van der Waals surface area contributed by atoms with Gasteiger partial charge in [0.1, 0.15) is 0 Å². The summed E-state index contributed by atoms with van der Waals surface area (Å²) in [6, 6.07) is 0. The van der Waals surface area contributed by atoms with Crippen molar-refractivity contribution in [1.82, 2.24) is 9.80 Å². The molecule has 6 heteroatoms. The first-order valence-corrected chi connectivity index (χ1v) is 14.3. The second-order valence-corrected chi connectivity index (χ2v) is 9.87. The molecule has 2 atom stereocenters. The molecule has 6 nitrogen and oxygen atoms in total. The van der Waals surface area contributed by atoms with Crippen molar-refractivity contribution in [2.45, 2.75) is 58.3 Å². The number of fused-ring (bicyclic) bond motifs is 1. The van der Waals surface area contributed by atoms with Crippen LogP contribution in [0.3, 0.4) is 0 Å². The average molecular weight is 535 g/mol. The van der Waals surface area contributed by atoms with Gasteiger partial charge >= 0.3 is 5.97 Å². The average Bonchev–Trinajstić information content (AvgIpc) is 3.52. The minimum absolute atomic E-state index is 0.176. The van der Waals surface area contributed by atoms with Crippen LogP contribution in [-0.4, -0.2) is 60.9 Å². The topological polar surface area (TPSA) is 66.9 Å². The van der Waals surface area contributed by atoms with Gasteiger partial charge in [-0.25, -0.2) is 4.79 Å². The molecule has 0 aliphatic carbocycles. The molecule has 2 fully saturated rings. The van der Waals surface area contributed by atoms with Gasteiger partial charge in [0.2, 0.25) is 11.8 Å². The van der Waals surface area contributed by atoms with Crippen molar-refractivity contribution < 1.29 is 19.1 Å². The van der Waals surface area contributed by atoms with E-state index >= 15 is 0 Å². The highest BCUT2D eigenvalue weighted by molar-refractivity contribution is 5.94. The van der Waals surface area contributed by atoms with E-state index in [1.165, 1.54) is 13.2 Å². The lowest BCUT2D eigenvalue weighted by molar-refractivity contribution is -0.135. The van der Waals surface area contributed by atoms with Crippen molar-refractivity contribution in [2.24, 2.45) is 11.8 Å². The van der Waals surface area contributed by atoms with Gasteiger partial charge in [0, 0.05) is 56.6 Å². The molecule has 0 bridgehead atoms. The number of rotatable bonds is 16. The van der Waals surface area contributed by atoms with E-state index in [0.29, 0.717) is 44.4 Å². The van der Waals surface area contributed by atoms with Crippen molar-refractivity contribution in [1.29, 1.82) is 0 Å². The molecule has 2 unspecified atom stereocenters. The zero-order chi connectivity index (χ0) is 28.1. The number of carbonyl (C=O) groups excluding carboxylic acids is 3. The van der Waals surface area contributed by atoms with Crippen LogP contribution in [0.1, 0.15) is 58.3 Å². The molecule has 2 saturated heterocycles. The summed E-state index contributed by atoms with van der Waals surface area (Å²) in [6.45, 7) is 4.82. The highest BCUT2D eigenvalue weighted by Gasteiger charge is 2.42. The zero-order valence-corrected chi connectivity index (χ0v) is 23.8. The first kappa shape index (κ1) is 31.8. The van der Waals surface area contributed by atoms with Crippen LogP contribution in [0.5, 0.6) is 0 Å². The van der Waals surface area contributed by atoms with Gasteiger partial charge in [0.15, 0.2) is 0 Å². The van der Waals surface area contributed by atoms with Gasteiger partial charge in [0.25, 0.3) is 0 Å². The molecule has 2 rings (SSSR count). The first-order chi connectivity index (χ1) is 19.0. The molecule has 0 N–H and O–H groups in total. The number of hydrogen-bond acceptors (Lipinski definition) is 4. The minimum Gasteiger partial charge on any atom is -0.466 e. The highest BCUT2D eigenvalue weighted by atomic mass is 16.5. The summed E-state index contributed by atoms with van der Waals surface area (Å²) in [7, 11) is 1.28. The van der Waals surface area contributed by atoms with E-state index in [9.17, 15) is 14.4 Å². The zero-order valence-electron chi connectivity index (χ0n) is 23.8.